The van der Waals surface area contributed by atoms with Crippen LogP contribution < -0.4 is 4.74 Å². The van der Waals surface area contributed by atoms with Crippen molar-refractivity contribution in [2.45, 2.75) is 57.4 Å². The molecule has 0 atom stereocenters. The molecule has 146 valence electrons. The van der Waals surface area contributed by atoms with Crippen molar-refractivity contribution < 1.29 is 13.2 Å². The molecule has 0 N–H and O–H groups in total. The van der Waals surface area contributed by atoms with E-state index in [0.717, 1.165) is 59.7 Å². The molecule has 28 heavy (non-hydrogen) atoms. The molecule has 0 spiro atoms. The zero-order chi connectivity index (χ0) is 19.6. The molecule has 2 aliphatic carbocycles. The van der Waals surface area contributed by atoms with Crippen molar-refractivity contribution in [3.8, 4) is 17.6 Å². The number of nitriles is 1. The zero-order valence-corrected chi connectivity index (χ0v) is 16.9. The topological polar surface area (TPSA) is 85.0 Å². The van der Waals surface area contributed by atoms with Crippen molar-refractivity contribution in [3.63, 3.8) is 0 Å². The summed E-state index contributed by atoms with van der Waals surface area (Å²) in [7, 11) is -2.92. The first-order valence-corrected chi connectivity index (χ1v) is 11.7. The molecule has 0 unspecified atom stereocenters. The summed E-state index contributed by atoms with van der Waals surface area (Å²) in [4.78, 5) is 0. The van der Waals surface area contributed by atoms with Crippen LogP contribution in [0.25, 0.3) is 0 Å². The molecule has 2 heterocycles. The average Bonchev–Trinajstić information content (AvgIpc) is 3.51. The summed E-state index contributed by atoms with van der Waals surface area (Å²) >= 11 is 0. The molecule has 3 fully saturated rings. The predicted octanol–water partition coefficient (Wildman–Crippen LogP) is 3.89. The first kappa shape index (κ1) is 17.7. The Morgan fingerprint density at radius 1 is 1.11 bits per heavy atom. The third-order valence-electron chi connectivity index (χ3n) is 5.93. The monoisotopic (exact) mass is 397 g/mol. The Morgan fingerprint density at radius 3 is 2.21 bits per heavy atom. The smallest absolute Gasteiger partial charge is 0.172 e. The van der Waals surface area contributed by atoms with Gasteiger partial charge in [-0.1, -0.05) is 0 Å². The molecule has 1 aliphatic heterocycles. The number of hydrogen-bond acceptors (Lipinski definition) is 5. The second-order valence-corrected chi connectivity index (χ2v) is 10.6. The molecular formula is C21H23N3O3S. The lowest BCUT2D eigenvalue weighted by Gasteiger charge is -2.27. The Bertz CT molecular complexity index is 1080. The lowest BCUT2D eigenvalue weighted by atomic mass is 10.0. The highest BCUT2D eigenvalue weighted by atomic mass is 32.2. The van der Waals surface area contributed by atoms with Gasteiger partial charge in [-0.15, -0.1) is 0 Å². The van der Waals surface area contributed by atoms with Crippen LogP contribution in [-0.2, 0) is 9.84 Å². The van der Waals surface area contributed by atoms with E-state index in [1.807, 2.05) is 30.7 Å². The van der Waals surface area contributed by atoms with Crippen LogP contribution in [0.3, 0.4) is 0 Å². The zero-order valence-electron chi connectivity index (χ0n) is 16.1. The minimum absolute atomic E-state index is 0.0695. The van der Waals surface area contributed by atoms with E-state index in [9.17, 15) is 13.7 Å². The largest absolute Gasteiger partial charge is 0.453 e. The van der Waals surface area contributed by atoms with Gasteiger partial charge in [0.25, 0.3) is 0 Å². The Balaban J connectivity index is 1.57. The van der Waals surface area contributed by atoms with Crippen molar-refractivity contribution in [2.75, 3.05) is 11.5 Å². The summed E-state index contributed by atoms with van der Waals surface area (Å²) in [6.45, 7) is 3.84. The normalized spacial score (nSPS) is 21.2. The molecule has 6 nitrogen and oxygen atoms in total. The Kier molecular flexibility index (Phi) is 3.86. The van der Waals surface area contributed by atoms with Crippen LogP contribution >= 0.6 is 0 Å². The minimum Gasteiger partial charge on any atom is -0.453 e. The molecule has 1 aromatic carbocycles. The van der Waals surface area contributed by atoms with Crippen LogP contribution in [0, 0.1) is 25.2 Å². The number of benzene rings is 1. The molecule has 0 bridgehead atoms. The SMILES string of the molecule is Cc1cc(Oc2c(C3CC3)nn(C3CS(=O)(=O)C3)c2C2CC2)cc(C)c1C#N. The number of rotatable bonds is 5. The first-order valence-electron chi connectivity index (χ1n) is 9.88. The van der Waals surface area contributed by atoms with Gasteiger partial charge in [0, 0.05) is 11.8 Å². The molecule has 0 amide bonds. The fraction of sp³-hybridized carbons (Fsp3) is 0.524. The second kappa shape index (κ2) is 6.08. The maximum Gasteiger partial charge on any atom is 0.172 e. The van der Waals surface area contributed by atoms with E-state index in [1.165, 1.54) is 0 Å². The number of ether oxygens (including phenoxy) is 1. The molecule has 5 rings (SSSR count). The maximum absolute atomic E-state index is 11.7. The molecule has 1 aromatic heterocycles. The Morgan fingerprint density at radius 2 is 1.71 bits per heavy atom. The van der Waals surface area contributed by atoms with Crippen molar-refractivity contribution in [3.05, 3.63) is 40.2 Å². The number of hydrogen-bond donors (Lipinski definition) is 0. The molecule has 2 aromatic rings. The lowest BCUT2D eigenvalue weighted by molar-refractivity contribution is 0.443. The summed E-state index contributed by atoms with van der Waals surface area (Å²) in [5.74, 6) is 2.71. The Hall–Kier alpha value is -2.33. The molecule has 1 saturated heterocycles. The first-order chi connectivity index (χ1) is 13.4. The van der Waals surface area contributed by atoms with Crippen LogP contribution in [0.5, 0.6) is 11.5 Å². The molecule has 3 aliphatic rings. The fourth-order valence-electron chi connectivity index (χ4n) is 4.14. The van der Waals surface area contributed by atoms with Crippen molar-refractivity contribution in [2.24, 2.45) is 0 Å². The van der Waals surface area contributed by atoms with Gasteiger partial charge in [-0.05, 0) is 62.8 Å². The third kappa shape index (κ3) is 3.00. The van der Waals surface area contributed by atoms with E-state index in [2.05, 4.69) is 6.07 Å². The van der Waals surface area contributed by atoms with Crippen molar-refractivity contribution in [1.82, 2.24) is 9.78 Å². The van der Waals surface area contributed by atoms with Gasteiger partial charge in [-0.3, -0.25) is 4.68 Å². The highest BCUT2D eigenvalue weighted by molar-refractivity contribution is 7.92. The standard InChI is InChI=1S/C21H23N3O3S/c1-12-7-17(8-13(2)18(12)9-22)27-21-19(14-3-4-14)23-24(20(21)15-5-6-15)16-10-28(25,26)11-16/h7-8,14-16H,3-6,10-11H2,1-2H3. The summed E-state index contributed by atoms with van der Waals surface area (Å²) in [5, 5.41) is 14.2. The quantitative estimate of drug-likeness (QED) is 0.764. The number of nitrogens with zero attached hydrogens (tertiary/aromatic N) is 3. The Labute approximate surface area is 165 Å². The van der Waals surface area contributed by atoms with Crippen molar-refractivity contribution in [1.29, 1.82) is 5.26 Å². The predicted molar refractivity (Wildman–Crippen MR) is 105 cm³/mol. The van der Waals surface area contributed by atoms with Crippen LogP contribution in [-0.4, -0.2) is 29.7 Å². The molecule has 7 heteroatoms. The maximum atomic E-state index is 11.7. The fourth-order valence-corrected chi connectivity index (χ4v) is 5.50. The van der Waals surface area contributed by atoms with E-state index in [-0.39, 0.29) is 17.5 Å². The number of aromatic nitrogens is 2. The van der Waals surface area contributed by atoms with E-state index < -0.39 is 9.84 Å². The van der Waals surface area contributed by atoms with Gasteiger partial charge in [0.2, 0.25) is 0 Å². The van der Waals surface area contributed by atoms with Gasteiger partial charge in [-0.2, -0.15) is 10.4 Å². The van der Waals surface area contributed by atoms with Crippen LogP contribution in [0.15, 0.2) is 12.1 Å². The van der Waals surface area contributed by atoms with Gasteiger partial charge < -0.3 is 4.74 Å². The molecule has 0 radical (unpaired) electrons. The highest BCUT2D eigenvalue weighted by Crippen LogP contribution is 2.53. The number of sulfone groups is 1. The number of aryl methyl sites for hydroxylation is 2. The van der Waals surface area contributed by atoms with Gasteiger partial charge in [0.15, 0.2) is 15.6 Å². The second-order valence-electron chi connectivity index (χ2n) is 8.47. The molecule has 2 saturated carbocycles. The third-order valence-corrected chi connectivity index (χ3v) is 7.72. The van der Waals surface area contributed by atoms with E-state index in [0.29, 0.717) is 17.4 Å². The van der Waals surface area contributed by atoms with Gasteiger partial charge in [0.05, 0.1) is 34.9 Å². The van der Waals surface area contributed by atoms with Gasteiger partial charge >= 0.3 is 0 Å². The minimum atomic E-state index is -2.92. The van der Waals surface area contributed by atoms with E-state index >= 15 is 0 Å². The van der Waals surface area contributed by atoms with Gasteiger partial charge in [-0.25, -0.2) is 8.42 Å². The summed E-state index contributed by atoms with van der Waals surface area (Å²) in [6, 6.07) is 5.99. The van der Waals surface area contributed by atoms with Gasteiger partial charge in [0.1, 0.15) is 11.4 Å². The summed E-state index contributed by atoms with van der Waals surface area (Å²) in [6.07, 6.45) is 4.39. The molecular weight excluding hydrogens is 374 g/mol. The average molecular weight is 398 g/mol. The van der Waals surface area contributed by atoms with Crippen molar-refractivity contribution >= 4 is 9.84 Å². The summed E-state index contributed by atoms with van der Waals surface area (Å²) < 4.78 is 31.8. The highest BCUT2D eigenvalue weighted by Gasteiger charge is 2.44. The summed E-state index contributed by atoms with van der Waals surface area (Å²) in [5.41, 5.74) is 4.53. The lowest BCUT2D eigenvalue weighted by Crippen LogP contribution is -2.39. The van der Waals surface area contributed by atoms with Crippen LogP contribution in [0.2, 0.25) is 0 Å². The van der Waals surface area contributed by atoms with E-state index in [1.54, 1.807) is 0 Å². The van der Waals surface area contributed by atoms with Crippen LogP contribution in [0.1, 0.15) is 71.6 Å². The van der Waals surface area contributed by atoms with E-state index in [4.69, 9.17) is 9.84 Å². The van der Waals surface area contributed by atoms with Crippen LogP contribution in [0.4, 0.5) is 0 Å².